The summed E-state index contributed by atoms with van der Waals surface area (Å²) >= 11 is 12.9. The summed E-state index contributed by atoms with van der Waals surface area (Å²) in [6.07, 6.45) is 0. The minimum Gasteiger partial charge on any atom is -0.468 e. The fourth-order valence-corrected chi connectivity index (χ4v) is 5.36. The summed E-state index contributed by atoms with van der Waals surface area (Å²) in [5.41, 5.74) is 1.40. The van der Waals surface area contributed by atoms with Gasteiger partial charge < -0.3 is 19.5 Å². The summed E-state index contributed by atoms with van der Waals surface area (Å²) in [6, 6.07) is 5.06. The van der Waals surface area contributed by atoms with Crippen LogP contribution in [-0.4, -0.2) is 95.8 Å². The molecule has 40 heavy (non-hydrogen) atoms. The lowest BCUT2D eigenvalue weighted by atomic mass is 9.75. The van der Waals surface area contributed by atoms with E-state index in [0.29, 0.717) is 29.3 Å². The number of hydrogen-bond acceptors (Lipinski definition) is 11. The van der Waals surface area contributed by atoms with Crippen LogP contribution in [0.25, 0.3) is 0 Å². The molecule has 0 radical (unpaired) electrons. The van der Waals surface area contributed by atoms with E-state index >= 15 is 0 Å². The van der Waals surface area contributed by atoms with E-state index in [2.05, 4.69) is 30.7 Å². The first kappa shape index (κ1) is 30.1. The normalized spacial score (nSPS) is 19.9. The van der Waals surface area contributed by atoms with E-state index in [4.69, 9.17) is 37.4 Å². The first-order valence-corrected chi connectivity index (χ1v) is 13.8. The van der Waals surface area contributed by atoms with Gasteiger partial charge in [-0.25, -0.2) is 9.48 Å². The van der Waals surface area contributed by atoms with Crippen LogP contribution in [0.1, 0.15) is 31.2 Å². The lowest BCUT2D eigenvalue weighted by molar-refractivity contribution is -0.144. The molecule has 12 nitrogen and oxygen atoms in total. The fraction of sp³-hybridized carbons (Fsp3) is 0.538. The molecule has 216 valence electrons. The summed E-state index contributed by atoms with van der Waals surface area (Å²) in [5, 5.41) is 15.8. The number of piperazine rings is 1. The molecule has 1 saturated heterocycles. The predicted molar refractivity (Wildman–Crippen MR) is 148 cm³/mol. The third kappa shape index (κ3) is 6.87. The number of ether oxygens (including phenoxy) is 3. The van der Waals surface area contributed by atoms with Crippen LogP contribution < -0.4 is 5.32 Å². The van der Waals surface area contributed by atoms with Crippen molar-refractivity contribution in [2.45, 2.75) is 32.9 Å². The van der Waals surface area contributed by atoms with E-state index in [1.807, 2.05) is 0 Å². The molecule has 2 aliphatic rings. The van der Waals surface area contributed by atoms with Crippen LogP contribution in [0.2, 0.25) is 10.0 Å². The topological polar surface area (TPSA) is 133 Å². The Labute approximate surface area is 242 Å². The molecule has 14 heteroatoms. The molecule has 1 aromatic carbocycles. The number of nitrogens with zero attached hydrogens (tertiary/aromatic N) is 6. The number of aromatic nitrogens is 4. The van der Waals surface area contributed by atoms with Crippen molar-refractivity contribution in [2.24, 2.45) is 10.9 Å². The Morgan fingerprint density at radius 3 is 2.65 bits per heavy atom. The maximum Gasteiger partial charge on any atom is 0.336 e. The first-order valence-electron chi connectivity index (χ1n) is 13.1. The maximum atomic E-state index is 13.4. The van der Waals surface area contributed by atoms with E-state index in [9.17, 15) is 9.59 Å². The largest absolute Gasteiger partial charge is 0.468 e. The van der Waals surface area contributed by atoms with Crippen molar-refractivity contribution in [1.29, 1.82) is 0 Å². The van der Waals surface area contributed by atoms with Gasteiger partial charge in [0.1, 0.15) is 12.5 Å². The number of hydrogen-bond donors (Lipinski definition) is 1. The quantitative estimate of drug-likeness (QED) is 0.387. The summed E-state index contributed by atoms with van der Waals surface area (Å²) in [7, 11) is 1.28. The fourth-order valence-electron chi connectivity index (χ4n) is 4.93. The molecular weight excluding hydrogens is 561 g/mol. The van der Waals surface area contributed by atoms with Gasteiger partial charge in [0.2, 0.25) is 0 Å². The molecule has 2 atom stereocenters. The lowest BCUT2D eigenvalue weighted by Gasteiger charge is -2.32. The van der Waals surface area contributed by atoms with Gasteiger partial charge in [-0.05, 0) is 35.9 Å². The number of carbonyl (C=O) groups is 2. The Hall–Kier alpha value is -2.90. The Bertz CT molecular complexity index is 1280. The van der Waals surface area contributed by atoms with Crippen molar-refractivity contribution in [3.05, 3.63) is 50.9 Å². The molecule has 4 rings (SSSR count). The summed E-state index contributed by atoms with van der Waals surface area (Å²) in [4.78, 5) is 33.3. The molecule has 1 N–H and O–H groups in total. The second kappa shape index (κ2) is 14.1. The molecule has 0 amide bonds. The van der Waals surface area contributed by atoms with Crippen molar-refractivity contribution in [1.82, 2.24) is 30.4 Å². The highest BCUT2D eigenvalue weighted by Gasteiger charge is 2.44. The molecule has 0 aliphatic carbocycles. The molecule has 1 aromatic heterocycles. The van der Waals surface area contributed by atoms with E-state index in [-0.39, 0.29) is 35.4 Å². The molecule has 0 saturated carbocycles. The van der Waals surface area contributed by atoms with Crippen LogP contribution in [0.5, 0.6) is 0 Å². The maximum absolute atomic E-state index is 13.4. The number of carbonyl (C=O) groups excluding carboxylic acids is 2. The van der Waals surface area contributed by atoms with Gasteiger partial charge in [0.25, 0.3) is 0 Å². The number of esters is 2. The van der Waals surface area contributed by atoms with Crippen LogP contribution in [0.15, 0.2) is 34.5 Å². The van der Waals surface area contributed by atoms with Gasteiger partial charge in [0, 0.05) is 44.4 Å². The molecular formula is C26H33Cl2N7O5. The predicted octanol–water partition coefficient (Wildman–Crippen LogP) is 2.27. The number of halogens is 2. The number of methoxy groups -OCH3 is 1. The zero-order valence-electron chi connectivity index (χ0n) is 22.7. The zero-order chi connectivity index (χ0) is 28.6. The minimum atomic E-state index is -0.915. The second-order valence-electron chi connectivity index (χ2n) is 9.36. The average Bonchev–Trinajstić information content (AvgIpc) is 3.40. The van der Waals surface area contributed by atoms with Gasteiger partial charge in [0.15, 0.2) is 5.82 Å². The van der Waals surface area contributed by atoms with Crippen LogP contribution in [0.3, 0.4) is 0 Å². The standard InChI is InChI=1S/C26H33Cl2N7O5/c1-4-40-26(37)23-19(14-39-15-20-31-32-33-35(20)13-12-34-10-8-29-9-11-34)30-16(2)21(25(36)38-3)22(23)17-6-5-7-18(27)24(17)28/h5-7,21-22,29H,4,8-15H2,1-3H3. The zero-order valence-corrected chi connectivity index (χ0v) is 24.2. The van der Waals surface area contributed by atoms with Crippen molar-refractivity contribution >= 4 is 40.9 Å². The molecule has 2 aromatic rings. The van der Waals surface area contributed by atoms with Crippen LogP contribution in [0.4, 0.5) is 0 Å². The van der Waals surface area contributed by atoms with Crippen molar-refractivity contribution < 1.29 is 23.8 Å². The highest BCUT2D eigenvalue weighted by Crippen LogP contribution is 2.44. The van der Waals surface area contributed by atoms with Gasteiger partial charge in [-0.15, -0.1) is 5.10 Å². The van der Waals surface area contributed by atoms with E-state index < -0.39 is 23.8 Å². The summed E-state index contributed by atoms with van der Waals surface area (Å²) in [6.45, 7) is 8.86. The molecule has 2 aliphatic heterocycles. The molecule has 3 heterocycles. The van der Waals surface area contributed by atoms with Gasteiger partial charge in [-0.2, -0.15) is 0 Å². The smallest absolute Gasteiger partial charge is 0.336 e. The number of benzene rings is 1. The number of nitrogens with one attached hydrogen (secondary N) is 1. The Morgan fingerprint density at radius 2 is 1.93 bits per heavy atom. The number of aliphatic imine (C=N–C) groups is 1. The van der Waals surface area contributed by atoms with Crippen LogP contribution >= 0.6 is 23.2 Å². The van der Waals surface area contributed by atoms with Gasteiger partial charge in [0.05, 0.1) is 48.2 Å². The highest BCUT2D eigenvalue weighted by atomic mass is 35.5. The summed E-state index contributed by atoms with van der Waals surface area (Å²) in [5.74, 6) is -2.41. The molecule has 0 spiro atoms. The Kier molecular flexibility index (Phi) is 10.6. The van der Waals surface area contributed by atoms with Gasteiger partial charge in [-0.3, -0.25) is 14.7 Å². The van der Waals surface area contributed by atoms with E-state index in [1.54, 1.807) is 36.7 Å². The van der Waals surface area contributed by atoms with E-state index in [0.717, 1.165) is 32.7 Å². The van der Waals surface area contributed by atoms with Crippen molar-refractivity contribution in [2.75, 3.05) is 53.0 Å². The lowest BCUT2D eigenvalue weighted by Crippen LogP contribution is -2.44. The highest BCUT2D eigenvalue weighted by molar-refractivity contribution is 6.42. The molecule has 0 bridgehead atoms. The monoisotopic (exact) mass is 593 g/mol. The van der Waals surface area contributed by atoms with Crippen LogP contribution in [-0.2, 0) is 37.0 Å². The molecule has 2 unspecified atom stereocenters. The Balaban J connectivity index is 1.60. The van der Waals surface area contributed by atoms with Crippen molar-refractivity contribution in [3.8, 4) is 0 Å². The third-order valence-corrected chi connectivity index (χ3v) is 7.73. The van der Waals surface area contributed by atoms with E-state index in [1.165, 1.54) is 7.11 Å². The second-order valence-corrected chi connectivity index (χ2v) is 10.1. The Morgan fingerprint density at radius 1 is 1.15 bits per heavy atom. The SMILES string of the molecule is CCOC(=O)C1=C(COCc2nnnn2CCN2CCNCC2)N=C(C)C(C(=O)OC)C1c1cccc(Cl)c1Cl. The minimum absolute atomic E-state index is 0.0568. The number of tetrazole rings is 1. The number of rotatable bonds is 11. The third-order valence-electron chi connectivity index (χ3n) is 6.90. The van der Waals surface area contributed by atoms with Gasteiger partial charge in [-0.1, -0.05) is 35.3 Å². The summed E-state index contributed by atoms with van der Waals surface area (Å²) < 4.78 is 18.2. The molecule has 1 fully saturated rings. The van der Waals surface area contributed by atoms with Crippen molar-refractivity contribution in [3.63, 3.8) is 0 Å². The first-order chi connectivity index (χ1) is 19.3. The van der Waals surface area contributed by atoms with Gasteiger partial charge >= 0.3 is 11.9 Å². The van der Waals surface area contributed by atoms with Crippen LogP contribution in [0, 0.1) is 5.92 Å². The average molecular weight is 595 g/mol.